The van der Waals surface area contributed by atoms with Crippen molar-refractivity contribution in [1.29, 1.82) is 0 Å². The number of fused-ring (bicyclic) bond motifs is 5. The van der Waals surface area contributed by atoms with Crippen molar-refractivity contribution in [1.82, 2.24) is 21.3 Å². The van der Waals surface area contributed by atoms with Gasteiger partial charge in [-0.2, -0.15) is 0 Å². The molecular weight excluding hydrogens is 568 g/mol. The van der Waals surface area contributed by atoms with Gasteiger partial charge in [-0.1, -0.05) is 19.6 Å². The molecule has 1 aliphatic rings. The third-order valence-corrected chi connectivity index (χ3v) is 7.19. The van der Waals surface area contributed by atoms with Crippen LogP contribution in [0.2, 0.25) is 0 Å². The summed E-state index contributed by atoms with van der Waals surface area (Å²) in [5.41, 5.74) is 25.1. The molecule has 4 atom stereocenters. The van der Waals surface area contributed by atoms with Crippen LogP contribution in [0.25, 0.3) is 11.1 Å². The summed E-state index contributed by atoms with van der Waals surface area (Å²) in [7, 11) is 0. The maximum atomic E-state index is 13.6. The predicted molar refractivity (Wildman–Crippen MR) is 167 cm³/mol. The van der Waals surface area contributed by atoms with Gasteiger partial charge >= 0.3 is 0 Å². The van der Waals surface area contributed by atoms with Crippen LogP contribution < -0.4 is 44.2 Å². The minimum Gasteiger partial charge on any atom is -0.508 e. The molecule has 14 heteroatoms. The van der Waals surface area contributed by atoms with Gasteiger partial charge in [-0.15, -0.1) is 0 Å². The van der Waals surface area contributed by atoms with Gasteiger partial charge in [-0.05, 0) is 78.9 Å². The van der Waals surface area contributed by atoms with Crippen molar-refractivity contribution in [3.63, 3.8) is 0 Å². The number of hydrogen-bond donors (Lipinski definition) is 10. The maximum absolute atomic E-state index is 13.6. The molecular formula is C30H46N8O6. The topological polar surface area (TPSA) is 261 Å². The summed E-state index contributed by atoms with van der Waals surface area (Å²) >= 11 is 0. The van der Waals surface area contributed by atoms with E-state index < -0.39 is 47.8 Å². The van der Waals surface area contributed by atoms with Crippen molar-refractivity contribution in [3.8, 4) is 22.6 Å². The fraction of sp³-hybridized carbons (Fsp3) is 0.467. The van der Waals surface area contributed by atoms with Gasteiger partial charge in [0.15, 0.2) is 0 Å². The first kappa shape index (κ1) is 36.0. The summed E-state index contributed by atoms with van der Waals surface area (Å²) in [6.07, 6.45) is 0.504. The molecule has 3 rings (SSSR count). The number of phenolic OH excluding ortho intramolecular Hbond substituents is 2. The highest BCUT2D eigenvalue weighted by atomic mass is 16.3. The fourth-order valence-electron chi connectivity index (χ4n) is 4.78. The summed E-state index contributed by atoms with van der Waals surface area (Å²) in [5, 5.41) is 31.8. The van der Waals surface area contributed by atoms with Crippen molar-refractivity contribution in [2.45, 2.75) is 63.7 Å². The van der Waals surface area contributed by atoms with Crippen molar-refractivity contribution >= 4 is 23.6 Å². The minimum atomic E-state index is -1.26. The molecule has 0 radical (unpaired) electrons. The highest BCUT2D eigenvalue weighted by Crippen LogP contribution is 2.31. The lowest BCUT2D eigenvalue weighted by Crippen LogP contribution is -2.58. The lowest BCUT2D eigenvalue weighted by Gasteiger charge is -2.26. The Morgan fingerprint density at radius 3 is 2.07 bits per heavy atom. The Bertz CT molecular complexity index is 1310. The molecule has 0 saturated carbocycles. The third-order valence-electron chi connectivity index (χ3n) is 7.19. The molecule has 242 valence electrons. The van der Waals surface area contributed by atoms with Gasteiger partial charge < -0.3 is 54.4 Å². The van der Waals surface area contributed by atoms with Crippen LogP contribution in [-0.2, 0) is 32.0 Å². The van der Waals surface area contributed by atoms with E-state index in [0.717, 1.165) is 0 Å². The molecule has 14 N–H and O–H groups in total. The quantitative estimate of drug-likeness (QED) is 0.147. The monoisotopic (exact) mass is 614 g/mol. The van der Waals surface area contributed by atoms with Crippen molar-refractivity contribution in [2.75, 3.05) is 26.2 Å². The second kappa shape index (κ2) is 17.2. The van der Waals surface area contributed by atoms with Gasteiger partial charge in [-0.3, -0.25) is 19.2 Å². The van der Waals surface area contributed by atoms with E-state index in [4.69, 9.17) is 22.9 Å². The number of benzene rings is 2. The number of nitrogens with two attached hydrogens (primary N) is 4. The Kier molecular flexibility index (Phi) is 14.0. The number of carbonyl (C=O) groups is 4. The Morgan fingerprint density at radius 1 is 0.886 bits per heavy atom. The van der Waals surface area contributed by atoms with Gasteiger partial charge in [0.1, 0.15) is 29.6 Å². The lowest BCUT2D eigenvalue weighted by molar-refractivity contribution is -0.134. The first-order chi connectivity index (χ1) is 20.6. The predicted octanol–water partition coefficient (Wildman–Crippen LogP) is -1.56. The van der Waals surface area contributed by atoms with E-state index in [1.54, 1.807) is 24.3 Å². The molecule has 1 heterocycles. The standard InChI is InChI=1S/C29H42N8O6.CH4/c30-8-1-2-21-28(42)37-23(29(43)36-22(7-9-31)27(41)34-11-10-32)15-19-13-17(4-6-25(19)39)16-3-5-24(38)18(12-16)14-20(33)26(40)35-21;/h3-6,12-13,20-23,38-39H,1-2,7-11,14-15,30-33H2,(H,34,41)(H,35,40)(H,36,43)(H,37,42);1H4/t20-,21-,22-,23-;/m0./s1. The van der Waals surface area contributed by atoms with E-state index in [-0.39, 0.29) is 70.8 Å². The van der Waals surface area contributed by atoms with Gasteiger partial charge in [-0.25, -0.2) is 0 Å². The number of carbonyl (C=O) groups excluding carboxylic acids is 4. The SMILES string of the molecule is C.NCCC[C@@H]1NC(=O)[C@@H](N)Cc2cc(ccc2O)-c2ccc(O)c(c2)C[C@@H](C(=O)N[C@@H](CCN)C(=O)NCCN)NC1=O. The highest BCUT2D eigenvalue weighted by molar-refractivity contribution is 5.95. The second-order valence-corrected chi connectivity index (χ2v) is 10.5. The Balaban J connectivity index is 0.00000675. The number of rotatable bonds is 10. The van der Waals surface area contributed by atoms with Crippen LogP contribution in [0.15, 0.2) is 36.4 Å². The van der Waals surface area contributed by atoms with Crippen LogP contribution in [0.5, 0.6) is 11.5 Å². The molecule has 0 fully saturated rings. The van der Waals surface area contributed by atoms with Crippen LogP contribution in [0, 0.1) is 0 Å². The van der Waals surface area contributed by atoms with Gasteiger partial charge in [0, 0.05) is 25.9 Å². The second-order valence-electron chi connectivity index (χ2n) is 10.5. The average molecular weight is 615 g/mol. The Hall–Kier alpha value is -4.24. The molecule has 2 aromatic carbocycles. The normalized spacial score (nSPS) is 19.2. The highest BCUT2D eigenvalue weighted by Gasteiger charge is 2.31. The zero-order valence-electron chi connectivity index (χ0n) is 24.0. The summed E-state index contributed by atoms with van der Waals surface area (Å²) < 4.78 is 0. The van der Waals surface area contributed by atoms with Gasteiger partial charge in [0.05, 0.1) is 6.04 Å². The zero-order valence-corrected chi connectivity index (χ0v) is 24.0. The van der Waals surface area contributed by atoms with Crippen LogP contribution >= 0.6 is 0 Å². The minimum absolute atomic E-state index is 0. The van der Waals surface area contributed by atoms with Crippen LogP contribution in [0.3, 0.4) is 0 Å². The van der Waals surface area contributed by atoms with Gasteiger partial charge in [0.2, 0.25) is 23.6 Å². The molecule has 14 nitrogen and oxygen atoms in total. The molecule has 4 bridgehead atoms. The Morgan fingerprint density at radius 2 is 1.50 bits per heavy atom. The third kappa shape index (κ3) is 9.64. The molecule has 4 amide bonds. The molecule has 0 spiro atoms. The van der Waals surface area contributed by atoms with E-state index in [0.29, 0.717) is 28.7 Å². The smallest absolute Gasteiger partial charge is 0.243 e. The average Bonchev–Trinajstić information content (AvgIpc) is 2.98. The van der Waals surface area contributed by atoms with Crippen LogP contribution in [0.4, 0.5) is 0 Å². The number of amides is 4. The number of phenols is 2. The Labute approximate surface area is 257 Å². The van der Waals surface area contributed by atoms with E-state index >= 15 is 0 Å². The molecule has 0 aromatic heterocycles. The molecule has 1 aliphatic heterocycles. The molecule has 0 saturated heterocycles. The maximum Gasteiger partial charge on any atom is 0.243 e. The van der Waals surface area contributed by atoms with Crippen molar-refractivity contribution in [2.24, 2.45) is 22.9 Å². The van der Waals surface area contributed by atoms with Crippen molar-refractivity contribution in [3.05, 3.63) is 47.5 Å². The fourth-order valence-corrected chi connectivity index (χ4v) is 4.78. The summed E-state index contributed by atoms with van der Waals surface area (Å²) in [5.74, 6) is -2.65. The summed E-state index contributed by atoms with van der Waals surface area (Å²) in [4.78, 5) is 52.9. The first-order valence-corrected chi connectivity index (χ1v) is 14.3. The number of aromatic hydroxyl groups is 2. The number of hydrogen-bond acceptors (Lipinski definition) is 10. The van der Waals surface area contributed by atoms with E-state index in [1.165, 1.54) is 12.1 Å². The molecule has 0 aliphatic carbocycles. The van der Waals surface area contributed by atoms with Gasteiger partial charge in [0.25, 0.3) is 0 Å². The van der Waals surface area contributed by atoms with E-state index in [9.17, 15) is 29.4 Å². The summed E-state index contributed by atoms with van der Waals surface area (Å²) in [6.45, 7) is 0.740. The molecule has 44 heavy (non-hydrogen) atoms. The molecule has 0 unspecified atom stereocenters. The van der Waals surface area contributed by atoms with E-state index in [2.05, 4.69) is 21.3 Å². The zero-order chi connectivity index (χ0) is 31.5. The van der Waals surface area contributed by atoms with Crippen LogP contribution in [-0.4, -0.2) is 84.2 Å². The lowest BCUT2D eigenvalue weighted by atomic mass is 9.95. The summed E-state index contributed by atoms with van der Waals surface area (Å²) in [6, 6.07) is 5.19. The first-order valence-electron chi connectivity index (χ1n) is 14.3. The van der Waals surface area contributed by atoms with E-state index in [1.807, 2.05) is 0 Å². The van der Waals surface area contributed by atoms with Crippen molar-refractivity contribution < 1.29 is 29.4 Å². The van der Waals surface area contributed by atoms with Crippen LogP contribution in [0.1, 0.15) is 37.8 Å². The number of nitrogens with one attached hydrogen (secondary N) is 4. The largest absolute Gasteiger partial charge is 0.508 e. The molecule has 2 aromatic rings.